The van der Waals surface area contributed by atoms with Crippen LogP contribution < -0.4 is 5.32 Å². The molecule has 134 valence electrons. The second-order valence-corrected chi connectivity index (χ2v) is 5.61. The Hall–Kier alpha value is -2.62. The minimum atomic E-state index is -4.56. The summed E-state index contributed by atoms with van der Waals surface area (Å²) in [5, 5.41) is 5.84. The van der Waals surface area contributed by atoms with Gasteiger partial charge in [0.05, 0.1) is 16.1 Å². The minimum absolute atomic E-state index is 0.0725. The topological polar surface area (TPSA) is 80.1 Å². The highest BCUT2D eigenvalue weighted by molar-refractivity contribution is 6.34. The zero-order valence-electron chi connectivity index (χ0n) is 13.1. The van der Waals surface area contributed by atoms with Crippen LogP contribution in [0, 0.1) is 0 Å². The predicted molar refractivity (Wildman–Crippen MR) is 83.1 cm³/mol. The molecular formula is C14H13ClF3N5O2. The molecule has 2 rings (SSSR count). The third-order valence-corrected chi connectivity index (χ3v) is 3.41. The molecule has 0 fully saturated rings. The molecule has 0 saturated carbocycles. The molecule has 1 aromatic carbocycles. The summed E-state index contributed by atoms with van der Waals surface area (Å²) in [5.74, 6) is -1.10. The molecule has 0 aliphatic heterocycles. The molecule has 0 aliphatic rings. The lowest BCUT2D eigenvalue weighted by molar-refractivity contribution is -0.137. The van der Waals surface area contributed by atoms with Crippen LogP contribution in [0.4, 0.5) is 19.1 Å². The summed E-state index contributed by atoms with van der Waals surface area (Å²) in [4.78, 5) is 28.8. The molecule has 0 bridgehead atoms. The highest BCUT2D eigenvalue weighted by atomic mass is 35.5. The summed E-state index contributed by atoms with van der Waals surface area (Å²) in [6.07, 6.45) is -3.32. The molecule has 1 N–H and O–H groups in total. The fraction of sp³-hybridized carbons (Fsp3) is 0.286. The molecule has 11 heteroatoms. The van der Waals surface area contributed by atoms with Crippen molar-refractivity contribution in [3.63, 3.8) is 0 Å². The van der Waals surface area contributed by atoms with Crippen molar-refractivity contribution in [2.75, 3.05) is 19.4 Å². The number of halogens is 4. The number of hydrogen-bond acceptors (Lipinski definition) is 4. The van der Waals surface area contributed by atoms with Crippen molar-refractivity contribution in [1.29, 1.82) is 0 Å². The van der Waals surface area contributed by atoms with Crippen LogP contribution in [0.15, 0.2) is 24.5 Å². The number of likely N-dealkylation sites (N-methyl/N-ethyl adjacent to an activating group) is 1. The van der Waals surface area contributed by atoms with E-state index in [0.717, 1.165) is 12.1 Å². The lowest BCUT2D eigenvalue weighted by Crippen LogP contribution is -2.26. The fourth-order valence-electron chi connectivity index (χ4n) is 1.75. The Balaban J connectivity index is 2.10. The Bertz CT molecular complexity index is 804. The van der Waals surface area contributed by atoms with Gasteiger partial charge in [-0.15, -0.1) is 5.10 Å². The Kier molecular flexibility index (Phi) is 5.31. The zero-order chi connectivity index (χ0) is 18.8. The first-order valence-electron chi connectivity index (χ1n) is 6.85. The van der Waals surface area contributed by atoms with E-state index < -0.39 is 17.6 Å². The van der Waals surface area contributed by atoms with Crippen molar-refractivity contribution in [2.45, 2.75) is 12.7 Å². The van der Waals surface area contributed by atoms with Crippen LogP contribution in [0.25, 0.3) is 0 Å². The number of carbonyl (C=O) groups excluding carboxylic acids is 2. The van der Waals surface area contributed by atoms with E-state index in [9.17, 15) is 22.8 Å². The first kappa shape index (κ1) is 18.7. The van der Waals surface area contributed by atoms with E-state index in [2.05, 4.69) is 15.4 Å². The van der Waals surface area contributed by atoms with Gasteiger partial charge >= 0.3 is 6.18 Å². The first-order valence-corrected chi connectivity index (χ1v) is 7.23. The van der Waals surface area contributed by atoms with Crippen LogP contribution in [0.1, 0.15) is 15.9 Å². The maximum atomic E-state index is 12.6. The predicted octanol–water partition coefficient (Wildman–Crippen LogP) is 2.29. The largest absolute Gasteiger partial charge is 0.416 e. The van der Waals surface area contributed by atoms with E-state index in [1.807, 2.05) is 0 Å². The van der Waals surface area contributed by atoms with Gasteiger partial charge in [-0.05, 0) is 18.2 Å². The van der Waals surface area contributed by atoms with Gasteiger partial charge in [0.1, 0.15) is 12.9 Å². The lowest BCUT2D eigenvalue weighted by atomic mass is 10.1. The smallest absolute Gasteiger partial charge is 0.347 e. The van der Waals surface area contributed by atoms with E-state index in [4.69, 9.17) is 11.6 Å². The maximum absolute atomic E-state index is 12.6. The van der Waals surface area contributed by atoms with Crippen LogP contribution in [0.5, 0.6) is 0 Å². The molecule has 0 aliphatic carbocycles. The SMILES string of the molecule is CN(C)C(=O)Cn1cnc(NC(=O)c2ccc(C(F)(F)F)cc2Cl)n1. The molecule has 0 spiro atoms. The van der Waals surface area contributed by atoms with Gasteiger partial charge in [0.15, 0.2) is 0 Å². The number of amides is 2. The van der Waals surface area contributed by atoms with Gasteiger partial charge in [-0.1, -0.05) is 11.6 Å². The lowest BCUT2D eigenvalue weighted by Gasteiger charge is -2.09. The first-order chi connectivity index (χ1) is 11.6. The number of benzene rings is 1. The molecule has 2 aromatic rings. The highest BCUT2D eigenvalue weighted by Gasteiger charge is 2.31. The number of nitrogens with zero attached hydrogens (tertiary/aromatic N) is 4. The zero-order valence-corrected chi connectivity index (χ0v) is 13.9. The molecule has 7 nitrogen and oxygen atoms in total. The molecular weight excluding hydrogens is 363 g/mol. The number of carbonyl (C=O) groups is 2. The second-order valence-electron chi connectivity index (χ2n) is 5.20. The Morgan fingerprint density at radius 1 is 1.32 bits per heavy atom. The van der Waals surface area contributed by atoms with Gasteiger partial charge in [-0.2, -0.15) is 13.2 Å². The third-order valence-electron chi connectivity index (χ3n) is 3.10. The van der Waals surface area contributed by atoms with Gasteiger partial charge in [0.2, 0.25) is 11.9 Å². The standard InChI is InChI=1S/C14H13ClF3N5O2/c1-22(2)11(24)6-23-7-19-13(21-23)20-12(25)9-4-3-8(5-10(9)15)14(16,17)18/h3-5,7H,6H2,1-2H3,(H,20,21,25). The maximum Gasteiger partial charge on any atom is 0.416 e. The van der Waals surface area contributed by atoms with Gasteiger partial charge in [-0.3, -0.25) is 14.9 Å². The summed E-state index contributed by atoms with van der Waals surface area (Å²) >= 11 is 5.75. The van der Waals surface area contributed by atoms with E-state index in [1.54, 1.807) is 14.1 Å². The quantitative estimate of drug-likeness (QED) is 0.889. The second kappa shape index (κ2) is 7.09. The molecule has 0 saturated heterocycles. The average Bonchev–Trinajstić information content (AvgIpc) is 2.92. The number of aromatic nitrogens is 3. The summed E-state index contributed by atoms with van der Waals surface area (Å²) < 4.78 is 39.0. The van der Waals surface area contributed by atoms with Crippen LogP contribution in [0.2, 0.25) is 5.02 Å². The van der Waals surface area contributed by atoms with Gasteiger partial charge in [0, 0.05) is 14.1 Å². The number of anilines is 1. The summed E-state index contributed by atoms with van der Waals surface area (Å²) in [6.45, 7) is -0.0725. The van der Waals surface area contributed by atoms with Crippen LogP contribution in [-0.4, -0.2) is 45.6 Å². The average molecular weight is 376 g/mol. The molecule has 1 aromatic heterocycles. The summed E-state index contributed by atoms with van der Waals surface area (Å²) in [6, 6.07) is 2.38. The van der Waals surface area contributed by atoms with Crippen molar-refractivity contribution >= 4 is 29.4 Å². The number of alkyl halides is 3. The van der Waals surface area contributed by atoms with Crippen molar-refractivity contribution in [3.8, 4) is 0 Å². The monoisotopic (exact) mass is 375 g/mol. The Morgan fingerprint density at radius 2 is 2.00 bits per heavy atom. The van der Waals surface area contributed by atoms with Crippen molar-refractivity contribution in [1.82, 2.24) is 19.7 Å². The summed E-state index contributed by atoms with van der Waals surface area (Å²) in [7, 11) is 3.16. The third kappa shape index (κ3) is 4.69. The van der Waals surface area contributed by atoms with E-state index in [0.29, 0.717) is 6.07 Å². The van der Waals surface area contributed by atoms with Crippen LogP contribution in [-0.2, 0) is 17.5 Å². The van der Waals surface area contributed by atoms with Gasteiger partial charge < -0.3 is 4.90 Å². The van der Waals surface area contributed by atoms with Crippen molar-refractivity contribution in [3.05, 3.63) is 40.7 Å². The van der Waals surface area contributed by atoms with Crippen LogP contribution in [0.3, 0.4) is 0 Å². The number of rotatable bonds is 4. The molecule has 1 heterocycles. The van der Waals surface area contributed by atoms with Crippen molar-refractivity contribution < 1.29 is 22.8 Å². The molecule has 0 atom stereocenters. The molecule has 25 heavy (non-hydrogen) atoms. The minimum Gasteiger partial charge on any atom is -0.347 e. The molecule has 0 unspecified atom stereocenters. The van der Waals surface area contributed by atoms with E-state index >= 15 is 0 Å². The number of nitrogens with one attached hydrogen (secondary N) is 1. The van der Waals surface area contributed by atoms with Gasteiger partial charge in [-0.25, -0.2) is 9.67 Å². The number of hydrogen-bond donors (Lipinski definition) is 1. The molecule has 2 amide bonds. The highest BCUT2D eigenvalue weighted by Crippen LogP contribution is 2.32. The van der Waals surface area contributed by atoms with E-state index in [-0.39, 0.29) is 29.0 Å². The van der Waals surface area contributed by atoms with Gasteiger partial charge in [0.25, 0.3) is 5.91 Å². The molecule has 0 radical (unpaired) electrons. The van der Waals surface area contributed by atoms with E-state index in [1.165, 1.54) is 15.9 Å². The normalized spacial score (nSPS) is 11.3. The summed E-state index contributed by atoms with van der Waals surface area (Å²) in [5.41, 5.74) is -1.12. The Labute approximate surface area is 145 Å². The van der Waals surface area contributed by atoms with Crippen LogP contribution >= 0.6 is 11.6 Å². The van der Waals surface area contributed by atoms with Crippen molar-refractivity contribution in [2.24, 2.45) is 0 Å². The Morgan fingerprint density at radius 3 is 2.56 bits per heavy atom. The fourth-order valence-corrected chi connectivity index (χ4v) is 2.02.